The molecule has 0 amide bonds. The van der Waals surface area contributed by atoms with Gasteiger partial charge in [-0.15, -0.1) is 0 Å². The maximum absolute atomic E-state index is 12.7. The molecule has 0 aromatic heterocycles. The van der Waals surface area contributed by atoms with E-state index in [2.05, 4.69) is 0 Å². The Labute approximate surface area is 64.2 Å². The normalized spacial score (nSPS) is 10.8. The Balaban J connectivity index is 3.09. The highest BCUT2D eigenvalue weighted by atomic mass is 19.1. The Morgan fingerprint density at radius 3 is 2.55 bits per heavy atom. The predicted octanol–water partition coefficient (Wildman–Crippen LogP) is 3.00. The smallest absolute Gasteiger partial charge is 0.133 e. The molecule has 0 nitrogen and oxygen atoms in total. The van der Waals surface area contributed by atoms with Crippen LogP contribution in [0.2, 0.25) is 0 Å². The van der Waals surface area contributed by atoms with Gasteiger partial charge < -0.3 is 0 Å². The first-order valence-corrected chi connectivity index (χ1v) is 3.32. The maximum Gasteiger partial charge on any atom is 0.133 e. The molecule has 0 spiro atoms. The van der Waals surface area contributed by atoms with Crippen molar-refractivity contribution in [1.82, 2.24) is 0 Å². The zero-order valence-electron chi connectivity index (χ0n) is 6.14. The quantitative estimate of drug-likeness (QED) is 0.583. The summed E-state index contributed by atoms with van der Waals surface area (Å²) in [5.41, 5.74) is 0.411. The minimum atomic E-state index is -0.546. The van der Waals surface area contributed by atoms with Crippen LogP contribution >= 0.6 is 0 Å². The molecule has 58 valence electrons. The lowest BCUT2D eigenvalue weighted by Gasteiger charge is -1.94. The summed E-state index contributed by atoms with van der Waals surface area (Å²) in [4.78, 5) is 0. The van der Waals surface area contributed by atoms with Crippen molar-refractivity contribution in [2.75, 3.05) is 0 Å². The third-order valence-corrected chi connectivity index (χ3v) is 1.31. The summed E-state index contributed by atoms with van der Waals surface area (Å²) in [6, 6.07) is 3.51. The molecule has 11 heavy (non-hydrogen) atoms. The Kier molecular flexibility index (Phi) is 2.36. The summed E-state index contributed by atoms with van der Waals surface area (Å²) < 4.78 is 25.1. The van der Waals surface area contributed by atoms with Gasteiger partial charge >= 0.3 is 0 Å². The summed E-state index contributed by atoms with van der Waals surface area (Å²) in [6.07, 6.45) is 3.30. The average molecular weight is 154 g/mol. The van der Waals surface area contributed by atoms with Crippen LogP contribution in [0.25, 0.3) is 6.08 Å². The lowest BCUT2D eigenvalue weighted by atomic mass is 10.2. The zero-order chi connectivity index (χ0) is 8.27. The SMILES string of the molecule is C/C=C\c1ccc(F)cc1F. The highest BCUT2D eigenvalue weighted by Gasteiger charge is 1.98. The number of rotatable bonds is 1. The Morgan fingerprint density at radius 2 is 2.00 bits per heavy atom. The second kappa shape index (κ2) is 3.28. The summed E-state index contributed by atoms with van der Waals surface area (Å²) in [5, 5.41) is 0. The van der Waals surface area contributed by atoms with Gasteiger partial charge in [0.25, 0.3) is 0 Å². The van der Waals surface area contributed by atoms with E-state index in [0.717, 1.165) is 6.07 Å². The summed E-state index contributed by atoms with van der Waals surface area (Å²) >= 11 is 0. The molecule has 0 saturated carbocycles. The van der Waals surface area contributed by atoms with E-state index in [9.17, 15) is 8.78 Å². The number of halogens is 2. The molecule has 0 fully saturated rings. The van der Waals surface area contributed by atoms with Gasteiger partial charge in [0.2, 0.25) is 0 Å². The van der Waals surface area contributed by atoms with Crippen molar-refractivity contribution in [2.24, 2.45) is 0 Å². The van der Waals surface area contributed by atoms with Crippen molar-refractivity contribution in [3.8, 4) is 0 Å². The molecule has 0 heterocycles. The van der Waals surface area contributed by atoms with Crippen LogP contribution in [0, 0.1) is 11.6 Å². The number of hydrogen-bond acceptors (Lipinski definition) is 0. The summed E-state index contributed by atoms with van der Waals surface area (Å²) in [5.74, 6) is -1.07. The van der Waals surface area contributed by atoms with Crippen LogP contribution in [-0.2, 0) is 0 Å². The fourth-order valence-electron chi connectivity index (χ4n) is 0.816. The second-order valence-corrected chi connectivity index (χ2v) is 2.17. The molecule has 2 heteroatoms. The van der Waals surface area contributed by atoms with Gasteiger partial charge in [-0.2, -0.15) is 0 Å². The third kappa shape index (κ3) is 1.87. The Morgan fingerprint density at radius 1 is 1.27 bits per heavy atom. The van der Waals surface area contributed by atoms with Gasteiger partial charge in [-0.05, 0) is 19.1 Å². The monoisotopic (exact) mass is 154 g/mol. The van der Waals surface area contributed by atoms with Crippen molar-refractivity contribution in [3.05, 3.63) is 41.5 Å². The predicted molar refractivity (Wildman–Crippen MR) is 41.1 cm³/mol. The van der Waals surface area contributed by atoms with Crippen molar-refractivity contribution in [1.29, 1.82) is 0 Å². The average Bonchev–Trinajstić information content (AvgIpc) is 1.95. The topological polar surface area (TPSA) is 0 Å². The van der Waals surface area contributed by atoms with Crippen LogP contribution in [0.4, 0.5) is 8.78 Å². The van der Waals surface area contributed by atoms with Crippen LogP contribution in [0.15, 0.2) is 24.3 Å². The third-order valence-electron chi connectivity index (χ3n) is 1.31. The minimum Gasteiger partial charge on any atom is -0.207 e. The molecule has 1 aromatic carbocycles. The molecule has 0 unspecified atom stereocenters. The first-order chi connectivity index (χ1) is 5.24. The van der Waals surface area contributed by atoms with Gasteiger partial charge in [-0.3, -0.25) is 0 Å². The first-order valence-electron chi connectivity index (χ1n) is 3.32. The fraction of sp³-hybridized carbons (Fsp3) is 0.111. The van der Waals surface area contributed by atoms with E-state index in [4.69, 9.17) is 0 Å². The molecule has 0 aliphatic heterocycles. The van der Waals surface area contributed by atoms with E-state index in [1.54, 1.807) is 19.1 Å². The molecule has 1 rings (SSSR count). The highest BCUT2D eigenvalue weighted by molar-refractivity contribution is 5.49. The van der Waals surface area contributed by atoms with E-state index >= 15 is 0 Å². The summed E-state index contributed by atoms with van der Waals surface area (Å²) in [6.45, 7) is 1.78. The second-order valence-electron chi connectivity index (χ2n) is 2.17. The van der Waals surface area contributed by atoms with Crippen LogP contribution in [-0.4, -0.2) is 0 Å². The van der Waals surface area contributed by atoms with Gasteiger partial charge in [0.15, 0.2) is 0 Å². The van der Waals surface area contributed by atoms with Crippen LogP contribution < -0.4 is 0 Å². The standard InChI is InChI=1S/C9H8F2/c1-2-3-7-4-5-8(10)6-9(7)11/h2-6H,1H3/b3-2-. The molecule has 0 radical (unpaired) electrons. The molecule has 0 bridgehead atoms. The number of benzene rings is 1. The van der Waals surface area contributed by atoms with Crippen molar-refractivity contribution >= 4 is 6.08 Å². The van der Waals surface area contributed by atoms with Gasteiger partial charge in [0.05, 0.1) is 0 Å². The van der Waals surface area contributed by atoms with E-state index in [1.807, 2.05) is 0 Å². The van der Waals surface area contributed by atoms with Crippen LogP contribution in [0.5, 0.6) is 0 Å². The Hall–Kier alpha value is -1.18. The van der Waals surface area contributed by atoms with Crippen LogP contribution in [0.1, 0.15) is 12.5 Å². The van der Waals surface area contributed by atoms with Crippen molar-refractivity contribution < 1.29 is 8.78 Å². The molecular formula is C9H8F2. The number of allylic oxidation sites excluding steroid dienone is 1. The fourth-order valence-corrected chi connectivity index (χ4v) is 0.816. The van der Waals surface area contributed by atoms with E-state index in [1.165, 1.54) is 12.1 Å². The van der Waals surface area contributed by atoms with E-state index in [-0.39, 0.29) is 0 Å². The van der Waals surface area contributed by atoms with E-state index < -0.39 is 11.6 Å². The zero-order valence-corrected chi connectivity index (χ0v) is 6.14. The lowest BCUT2D eigenvalue weighted by Crippen LogP contribution is -1.82. The first kappa shape index (κ1) is 7.92. The lowest BCUT2D eigenvalue weighted by molar-refractivity contribution is 0.581. The molecule has 0 aliphatic carbocycles. The largest absolute Gasteiger partial charge is 0.207 e. The molecule has 0 atom stereocenters. The maximum atomic E-state index is 12.7. The van der Waals surface area contributed by atoms with Gasteiger partial charge in [-0.25, -0.2) is 8.78 Å². The van der Waals surface area contributed by atoms with Gasteiger partial charge in [0.1, 0.15) is 11.6 Å². The highest BCUT2D eigenvalue weighted by Crippen LogP contribution is 2.10. The summed E-state index contributed by atoms with van der Waals surface area (Å²) in [7, 11) is 0. The van der Waals surface area contributed by atoms with Crippen molar-refractivity contribution in [3.63, 3.8) is 0 Å². The van der Waals surface area contributed by atoms with Crippen molar-refractivity contribution in [2.45, 2.75) is 6.92 Å². The molecule has 0 saturated heterocycles. The Bertz CT molecular complexity index is 277. The minimum absolute atomic E-state index is 0.411. The molecule has 0 aliphatic rings. The van der Waals surface area contributed by atoms with Crippen LogP contribution in [0.3, 0.4) is 0 Å². The van der Waals surface area contributed by atoms with E-state index in [0.29, 0.717) is 5.56 Å². The van der Waals surface area contributed by atoms with Gasteiger partial charge in [-0.1, -0.05) is 12.2 Å². The van der Waals surface area contributed by atoms with Gasteiger partial charge in [0, 0.05) is 11.6 Å². The molecule has 1 aromatic rings. The molecular weight excluding hydrogens is 146 g/mol. The molecule has 0 N–H and O–H groups in total. The number of hydrogen-bond donors (Lipinski definition) is 0.